The lowest BCUT2D eigenvalue weighted by Crippen LogP contribution is -2.39. The molecule has 2 rings (SSSR count). The number of hydrogen-bond acceptors (Lipinski definition) is 1. The van der Waals surface area contributed by atoms with Crippen LogP contribution in [0.1, 0.15) is 37.7 Å². The zero-order valence-electron chi connectivity index (χ0n) is 13.1. The third kappa shape index (κ3) is 5.23. The third-order valence-corrected chi connectivity index (χ3v) is 5.56. The van der Waals surface area contributed by atoms with Crippen LogP contribution >= 0.6 is 11.6 Å². The molecular formula is C17H19ClF3NOS. The van der Waals surface area contributed by atoms with Crippen molar-refractivity contribution in [1.29, 1.82) is 0 Å². The Morgan fingerprint density at radius 2 is 1.96 bits per heavy atom. The number of rotatable bonds is 4. The fraction of sp³-hybridized carbons (Fsp3) is 0.529. The van der Waals surface area contributed by atoms with Crippen LogP contribution in [-0.2, 0) is 17.2 Å². The number of alkyl halides is 4. The van der Waals surface area contributed by atoms with Gasteiger partial charge in [-0.1, -0.05) is 5.92 Å². The van der Waals surface area contributed by atoms with Crippen molar-refractivity contribution >= 4 is 22.6 Å². The smallest absolute Gasteiger partial charge is 0.237 e. The molecule has 1 aromatic carbocycles. The number of nitrogens with zero attached hydrogens (tertiary/aromatic N) is 1. The van der Waals surface area contributed by atoms with Gasteiger partial charge in [-0.15, -0.1) is 17.5 Å². The highest BCUT2D eigenvalue weighted by Crippen LogP contribution is 2.30. The second-order valence-electron chi connectivity index (χ2n) is 5.54. The lowest BCUT2D eigenvalue weighted by atomic mass is 10.1. The van der Waals surface area contributed by atoms with Crippen LogP contribution in [0.3, 0.4) is 0 Å². The summed E-state index contributed by atoms with van der Waals surface area (Å²) in [4.78, 5) is 0.373. The molecule has 1 fully saturated rings. The van der Waals surface area contributed by atoms with Crippen LogP contribution in [0.15, 0.2) is 29.2 Å². The Morgan fingerprint density at radius 3 is 2.58 bits per heavy atom. The van der Waals surface area contributed by atoms with Crippen molar-refractivity contribution in [1.82, 2.24) is 4.31 Å². The quantitative estimate of drug-likeness (QED) is 0.426. The molecule has 0 saturated carbocycles. The summed E-state index contributed by atoms with van der Waals surface area (Å²) in [6.07, 6.45) is -0.145. The molecule has 1 saturated heterocycles. The van der Waals surface area contributed by atoms with Gasteiger partial charge in [-0.3, -0.25) is 0 Å². The summed E-state index contributed by atoms with van der Waals surface area (Å²) in [5, 5.41) is 0. The lowest BCUT2D eigenvalue weighted by Gasteiger charge is -2.31. The van der Waals surface area contributed by atoms with Crippen LogP contribution in [0.2, 0.25) is 0 Å². The topological polar surface area (TPSA) is 20.3 Å². The molecule has 2 atom stereocenters. The predicted octanol–water partition coefficient (Wildman–Crippen LogP) is 4.60. The Bertz CT molecular complexity index is 621. The highest BCUT2D eigenvalue weighted by molar-refractivity contribution is 7.82. The van der Waals surface area contributed by atoms with E-state index in [1.54, 1.807) is 4.31 Å². The van der Waals surface area contributed by atoms with Crippen LogP contribution < -0.4 is 0 Å². The number of unbranched alkanes of at least 4 members (excludes halogenated alkanes) is 1. The molecule has 0 radical (unpaired) electrons. The number of hydrogen-bond donors (Lipinski definition) is 0. The fourth-order valence-electron chi connectivity index (χ4n) is 2.49. The maximum absolute atomic E-state index is 12.7. The van der Waals surface area contributed by atoms with Crippen molar-refractivity contribution in [3.8, 4) is 11.8 Å². The highest BCUT2D eigenvalue weighted by Gasteiger charge is 2.31. The molecule has 2 nitrogen and oxygen atoms in total. The van der Waals surface area contributed by atoms with Gasteiger partial charge in [0.25, 0.3) is 0 Å². The molecule has 0 bridgehead atoms. The number of piperidine rings is 1. The first-order chi connectivity index (χ1) is 11.4. The van der Waals surface area contributed by atoms with E-state index >= 15 is 0 Å². The Labute approximate surface area is 148 Å². The molecule has 0 aliphatic carbocycles. The molecule has 1 aliphatic rings. The fourth-order valence-corrected chi connectivity index (χ4v) is 3.95. The van der Waals surface area contributed by atoms with Gasteiger partial charge >= 0.3 is 6.18 Å². The Hall–Kier alpha value is -1.03. The third-order valence-electron chi connectivity index (χ3n) is 3.75. The molecule has 1 aromatic rings. The first kappa shape index (κ1) is 19.3. The zero-order valence-corrected chi connectivity index (χ0v) is 14.7. The summed E-state index contributed by atoms with van der Waals surface area (Å²) in [6.45, 7) is 0.627. The van der Waals surface area contributed by atoms with E-state index in [4.69, 9.17) is 11.6 Å². The van der Waals surface area contributed by atoms with Gasteiger partial charge in [-0.05, 0) is 49.9 Å². The average molecular weight is 378 g/mol. The van der Waals surface area contributed by atoms with Gasteiger partial charge in [0.15, 0.2) is 0 Å². The van der Waals surface area contributed by atoms with E-state index in [1.807, 2.05) is 0 Å². The summed E-state index contributed by atoms with van der Waals surface area (Å²) >= 11 is 5.62. The van der Waals surface area contributed by atoms with Gasteiger partial charge in [-0.2, -0.15) is 13.2 Å². The average Bonchev–Trinajstić information content (AvgIpc) is 2.58. The Balaban J connectivity index is 2.11. The minimum absolute atomic E-state index is 0.128. The maximum atomic E-state index is 12.7. The highest BCUT2D eigenvalue weighted by atomic mass is 35.5. The Morgan fingerprint density at radius 1 is 1.25 bits per heavy atom. The largest absolute Gasteiger partial charge is 0.416 e. The van der Waals surface area contributed by atoms with Gasteiger partial charge in [0, 0.05) is 18.8 Å². The number of benzene rings is 1. The minimum Gasteiger partial charge on any atom is -0.237 e. The normalized spacial score (nSPS) is 20.2. The second-order valence-corrected chi connectivity index (χ2v) is 7.35. The summed E-state index contributed by atoms with van der Waals surface area (Å²) < 4.78 is 52.4. The van der Waals surface area contributed by atoms with E-state index in [-0.39, 0.29) is 6.04 Å². The first-order valence-electron chi connectivity index (χ1n) is 7.83. The van der Waals surface area contributed by atoms with Crippen molar-refractivity contribution in [3.05, 3.63) is 29.8 Å². The van der Waals surface area contributed by atoms with Crippen molar-refractivity contribution in [3.63, 3.8) is 0 Å². The van der Waals surface area contributed by atoms with Gasteiger partial charge in [0.1, 0.15) is 11.0 Å². The second kappa shape index (κ2) is 8.89. The molecule has 1 heterocycles. The van der Waals surface area contributed by atoms with Crippen LogP contribution in [0.25, 0.3) is 0 Å². The predicted molar refractivity (Wildman–Crippen MR) is 89.9 cm³/mol. The van der Waals surface area contributed by atoms with Crippen molar-refractivity contribution in [2.75, 3.05) is 12.4 Å². The van der Waals surface area contributed by atoms with E-state index < -0.39 is 22.7 Å². The van der Waals surface area contributed by atoms with Crippen molar-refractivity contribution < 1.29 is 17.4 Å². The minimum atomic E-state index is -4.39. The summed E-state index contributed by atoms with van der Waals surface area (Å²) in [6, 6.07) is 4.38. The van der Waals surface area contributed by atoms with Gasteiger partial charge in [0.05, 0.1) is 16.5 Å². The van der Waals surface area contributed by atoms with E-state index in [2.05, 4.69) is 11.8 Å². The summed E-state index contributed by atoms with van der Waals surface area (Å²) in [7, 11) is -1.50. The molecule has 0 aromatic heterocycles. The lowest BCUT2D eigenvalue weighted by molar-refractivity contribution is -0.137. The zero-order chi connectivity index (χ0) is 17.6. The molecule has 0 unspecified atom stereocenters. The molecular weight excluding hydrogens is 359 g/mol. The van der Waals surface area contributed by atoms with Crippen LogP contribution in [0.5, 0.6) is 0 Å². The molecule has 132 valence electrons. The molecule has 0 spiro atoms. The monoisotopic (exact) mass is 377 g/mol. The summed E-state index contributed by atoms with van der Waals surface area (Å²) in [5.74, 6) is 6.76. The van der Waals surface area contributed by atoms with Crippen LogP contribution in [0, 0.1) is 11.8 Å². The maximum Gasteiger partial charge on any atom is 0.416 e. The number of halogens is 4. The van der Waals surface area contributed by atoms with E-state index in [0.29, 0.717) is 23.7 Å². The van der Waals surface area contributed by atoms with Crippen LogP contribution in [0.4, 0.5) is 13.2 Å². The molecule has 0 N–H and O–H groups in total. The van der Waals surface area contributed by atoms with Crippen LogP contribution in [-0.4, -0.2) is 27.0 Å². The standard InChI is InChI=1S/C17H19ClF3NOS/c18-12-4-1-2-6-15-7-3-5-13-22(15)24(23)16-10-8-14(9-11-16)17(19,20)21/h8-11,15H,1,3-5,7,12-13H2/t15-,24+/m1/s1. The van der Waals surface area contributed by atoms with Crippen molar-refractivity contribution in [2.45, 2.75) is 49.2 Å². The van der Waals surface area contributed by atoms with E-state index in [0.717, 1.165) is 37.8 Å². The first-order valence-corrected chi connectivity index (χ1v) is 9.48. The van der Waals surface area contributed by atoms with Gasteiger partial charge in [-0.25, -0.2) is 8.51 Å². The molecule has 0 amide bonds. The Kier molecular flexibility index (Phi) is 7.15. The van der Waals surface area contributed by atoms with E-state index in [1.165, 1.54) is 12.1 Å². The molecule has 24 heavy (non-hydrogen) atoms. The van der Waals surface area contributed by atoms with Gasteiger partial charge in [0.2, 0.25) is 0 Å². The van der Waals surface area contributed by atoms with Crippen molar-refractivity contribution in [2.24, 2.45) is 0 Å². The molecule has 7 heteroatoms. The van der Waals surface area contributed by atoms with E-state index in [9.17, 15) is 17.4 Å². The SMILES string of the molecule is O=[S@@](c1ccc(C(F)(F)F)cc1)N1CCCC[C@H]1C#CCCCCl. The summed E-state index contributed by atoms with van der Waals surface area (Å²) in [5.41, 5.74) is -0.737. The van der Waals surface area contributed by atoms with Gasteiger partial charge < -0.3 is 0 Å². The molecule has 1 aliphatic heterocycles.